The maximum Gasteiger partial charge on any atom is 0.313 e. The van der Waals surface area contributed by atoms with Gasteiger partial charge >= 0.3 is 5.69 Å². The molecule has 1 aromatic rings. The van der Waals surface area contributed by atoms with Crippen LogP contribution in [0.2, 0.25) is 5.02 Å². The molecule has 0 aliphatic rings. The first kappa shape index (κ1) is 15.3. The quantitative estimate of drug-likeness (QED) is 0.502. The largest absolute Gasteiger partial charge is 0.476 e. The van der Waals surface area contributed by atoms with E-state index in [0.29, 0.717) is 0 Å². The summed E-state index contributed by atoms with van der Waals surface area (Å²) in [5.41, 5.74) is -0.330. The fourth-order valence-electron chi connectivity index (χ4n) is 1.16. The molecule has 0 aliphatic heterocycles. The summed E-state index contributed by atoms with van der Waals surface area (Å²) in [7, 11) is 0. The second-order valence-corrected chi connectivity index (χ2v) is 4.55. The van der Waals surface area contributed by atoms with Crippen molar-refractivity contribution in [1.29, 1.82) is 0 Å². The van der Waals surface area contributed by atoms with E-state index in [2.05, 4.69) is 27.2 Å². The van der Waals surface area contributed by atoms with E-state index in [1.807, 2.05) is 0 Å². The number of carbonyl (C=O) groups excluding carboxylic acids is 1. The number of carbonyl (C=O) groups is 1. The molecule has 0 heterocycles. The molecule has 0 saturated carbocycles. The molecule has 1 amide bonds. The first-order chi connectivity index (χ1) is 8.95. The number of hydrogen-bond donors (Lipinski definition) is 1. The predicted molar refractivity (Wildman–Crippen MR) is 73.1 cm³/mol. The normalized spacial score (nSPS) is 9.53. The average Bonchev–Trinajstić information content (AvgIpc) is 2.34. The molecule has 0 bridgehead atoms. The lowest BCUT2D eigenvalue weighted by molar-refractivity contribution is -0.385. The van der Waals surface area contributed by atoms with Gasteiger partial charge < -0.3 is 10.1 Å². The molecule has 1 N–H and O–H groups in total. The van der Waals surface area contributed by atoms with E-state index in [4.69, 9.17) is 22.8 Å². The molecule has 0 saturated heterocycles. The van der Waals surface area contributed by atoms with Crippen LogP contribution in [0.5, 0.6) is 5.75 Å². The highest BCUT2D eigenvalue weighted by molar-refractivity contribution is 9.10. The summed E-state index contributed by atoms with van der Waals surface area (Å²) in [6.07, 6.45) is 4.97. The van der Waals surface area contributed by atoms with E-state index in [-0.39, 0.29) is 34.1 Å². The number of ether oxygens (including phenoxy) is 1. The summed E-state index contributed by atoms with van der Waals surface area (Å²) in [5, 5.41) is 13.4. The molecule has 8 heteroatoms. The first-order valence-corrected chi connectivity index (χ1v) is 6.09. The van der Waals surface area contributed by atoms with Crippen LogP contribution in [-0.2, 0) is 4.79 Å². The van der Waals surface area contributed by atoms with Gasteiger partial charge in [0.2, 0.25) is 5.75 Å². The highest BCUT2D eigenvalue weighted by Gasteiger charge is 2.20. The summed E-state index contributed by atoms with van der Waals surface area (Å²) < 4.78 is 5.40. The molecule has 1 rings (SSSR count). The van der Waals surface area contributed by atoms with Crippen LogP contribution < -0.4 is 10.1 Å². The number of rotatable bonds is 5. The van der Waals surface area contributed by atoms with Crippen molar-refractivity contribution in [2.75, 3.05) is 13.2 Å². The summed E-state index contributed by atoms with van der Waals surface area (Å²) in [5.74, 6) is 1.68. The topological polar surface area (TPSA) is 81.5 Å². The number of hydrogen-bond acceptors (Lipinski definition) is 4. The predicted octanol–water partition coefficient (Wildman–Crippen LogP) is 2.14. The van der Waals surface area contributed by atoms with Crippen LogP contribution in [0.25, 0.3) is 0 Å². The molecule has 0 aromatic heterocycles. The van der Waals surface area contributed by atoms with Gasteiger partial charge in [0.1, 0.15) is 0 Å². The van der Waals surface area contributed by atoms with Crippen molar-refractivity contribution in [3.8, 4) is 18.1 Å². The Bertz CT molecular complexity index is 556. The molecule has 0 atom stereocenters. The highest BCUT2D eigenvalue weighted by atomic mass is 79.9. The lowest BCUT2D eigenvalue weighted by Gasteiger charge is -2.08. The molecular formula is C11H8BrClN2O4. The van der Waals surface area contributed by atoms with Crippen LogP contribution in [0.4, 0.5) is 5.69 Å². The molecule has 0 radical (unpaired) electrons. The number of halogens is 2. The van der Waals surface area contributed by atoms with Gasteiger partial charge in [0.05, 0.1) is 15.9 Å². The summed E-state index contributed by atoms with van der Waals surface area (Å²) in [6.45, 7) is -0.325. The van der Waals surface area contributed by atoms with E-state index in [1.54, 1.807) is 0 Å². The van der Waals surface area contributed by atoms with Crippen LogP contribution in [0.1, 0.15) is 0 Å². The monoisotopic (exact) mass is 346 g/mol. The Balaban J connectivity index is 2.86. The second-order valence-electron chi connectivity index (χ2n) is 3.26. The molecule has 100 valence electrons. The van der Waals surface area contributed by atoms with Crippen molar-refractivity contribution < 1.29 is 14.5 Å². The first-order valence-electron chi connectivity index (χ1n) is 4.92. The summed E-state index contributed by atoms with van der Waals surface area (Å²) >= 11 is 8.80. The van der Waals surface area contributed by atoms with Gasteiger partial charge in [-0.3, -0.25) is 14.9 Å². The Labute approximate surface area is 122 Å². The lowest BCUT2D eigenvalue weighted by atomic mass is 10.3. The number of nitrogens with zero attached hydrogens (tertiary/aromatic N) is 1. The highest BCUT2D eigenvalue weighted by Crippen LogP contribution is 2.37. The van der Waals surface area contributed by atoms with Crippen LogP contribution in [0.3, 0.4) is 0 Å². The molecule has 1 aromatic carbocycles. The number of amides is 1. The Morgan fingerprint density at radius 3 is 2.89 bits per heavy atom. The molecule has 19 heavy (non-hydrogen) atoms. The molecular weight excluding hydrogens is 339 g/mol. The van der Waals surface area contributed by atoms with Gasteiger partial charge in [-0.2, -0.15) is 0 Å². The SMILES string of the molecule is C#CCNC(=O)COc1c(Br)cc(Cl)cc1[N+](=O)[O-]. The van der Waals surface area contributed by atoms with Crippen molar-refractivity contribution in [2.45, 2.75) is 0 Å². The van der Waals surface area contributed by atoms with Gasteiger partial charge in [-0.15, -0.1) is 6.42 Å². The van der Waals surface area contributed by atoms with Gasteiger partial charge in [-0.05, 0) is 22.0 Å². The van der Waals surface area contributed by atoms with Crippen LogP contribution in [-0.4, -0.2) is 24.0 Å². The van der Waals surface area contributed by atoms with Crippen molar-refractivity contribution in [1.82, 2.24) is 5.32 Å². The van der Waals surface area contributed by atoms with Crippen LogP contribution in [0.15, 0.2) is 16.6 Å². The minimum absolute atomic E-state index is 0.0616. The fourth-order valence-corrected chi connectivity index (χ4v) is 2.07. The molecule has 6 nitrogen and oxygen atoms in total. The van der Waals surface area contributed by atoms with Gasteiger partial charge in [0, 0.05) is 11.1 Å². The third-order valence-corrected chi connectivity index (χ3v) is 2.73. The van der Waals surface area contributed by atoms with E-state index < -0.39 is 10.8 Å². The Hall–Kier alpha value is -1.78. The van der Waals surface area contributed by atoms with Crippen molar-refractivity contribution in [3.05, 3.63) is 31.7 Å². The molecule has 0 spiro atoms. The van der Waals surface area contributed by atoms with Crippen molar-refractivity contribution >= 4 is 39.1 Å². The standard InChI is InChI=1S/C11H8BrClN2O4/c1-2-3-14-10(16)6-19-11-8(12)4-7(13)5-9(11)15(17)18/h1,4-5H,3,6H2,(H,14,16). The summed E-state index contributed by atoms with van der Waals surface area (Å²) in [4.78, 5) is 21.5. The molecule has 0 aliphatic carbocycles. The third kappa shape index (κ3) is 4.43. The van der Waals surface area contributed by atoms with E-state index in [9.17, 15) is 14.9 Å². The summed E-state index contributed by atoms with van der Waals surface area (Å²) in [6, 6.07) is 2.57. The minimum Gasteiger partial charge on any atom is -0.476 e. The smallest absolute Gasteiger partial charge is 0.313 e. The number of terminal acetylenes is 1. The third-order valence-electron chi connectivity index (χ3n) is 1.92. The molecule has 0 fully saturated rings. The fraction of sp³-hybridized carbons (Fsp3) is 0.182. The number of nitro benzene ring substituents is 1. The average molecular weight is 348 g/mol. The Kier molecular flexibility index (Phi) is 5.60. The lowest BCUT2D eigenvalue weighted by Crippen LogP contribution is -2.29. The van der Waals surface area contributed by atoms with Crippen LogP contribution >= 0.6 is 27.5 Å². The van der Waals surface area contributed by atoms with Gasteiger partial charge in [-0.25, -0.2) is 0 Å². The Morgan fingerprint density at radius 2 is 2.32 bits per heavy atom. The second kappa shape index (κ2) is 6.97. The number of nitrogens with one attached hydrogen (secondary N) is 1. The number of nitro groups is 1. The maximum absolute atomic E-state index is 11.3. The zero-order valence-electron chi connectivity index (χ0n) is 9.48. The Morgan fingerprint density at radius 1 is 1.63 bits per heavy atom. The molecule has 0 unspecified atom stereocenters. The van der Waals surface area contributed by atoms with Crippen molar-refractivity contribution in [2.24, 2.45) is 0 Å². The maximum atomic E-state index is 11.3. The zero-order chi connectivity index (χ0) is 14.4. The zero-order valence-corrected chi connectivity index (χ0v) is 11.8. The van der Waals surface area contributed by atoms with E-state index >= 15 is 0 Å². The van der Waals surface area contributed by atoms with E-state index in [0.717, 1.165) is 6.07 Å². The van der Waals surface area contributed by atoms with Gasteiger partial charge in [0.25, 0.3) is 5.91 Å². The van der Waals surface area contributed by atoms with Crippen LogP contribution in [0, 0.1) is 22.5 Å². The van der Waals surface area contributed by atoms with Gasteiger partial charge in [0.15, 0.2) is 6.61 Å². The van der Waals surface area contributed by atoms with E-state index in [1.165, 1.54) is 6.07 Å². The minimum atomic E-state index is -0.648. The number of benzene rings is 1. The van der Waals surface area contributed by atoms with Crippen molar-refractivity contribution in [3.63, 3.8) is 0 Å². The van der Waals surface area contributed by atoms with Gasteiger partial charge in [-0.1, -0.05) is 17.5 Å².